The average molecular weight is 297 g/mol. The number of aryl methyl sites for hydroxylation is 1. The molecule has 104 valence electrons. The molecule has 0 saturated carbocycles. The van der Waals surface area contributed by atoms with Crippen molar-refractivity contribution in [3.63, 3.8) is 0 Å². The Balaban J connectivity index is 2.01. The van der Waals surface area contributed by atoms with Crippen molar-refractivity contribution in [3.8, 4) is 6.07 Å². The quantitative estimate of drug-likeness (QED) is 0.695. The van der Waals surface area contributed by atoms with Crippen LogP contribution in [0.2, 0.25) is 0 Å². The van der Waals surface area contributed by atoms with Gasteiger partial charge in [-0.05, 0) is 23.8 Å². The molecule has 2 heterocycles. The molecule has 3 rings (SSSR count). The lowest BCUT2D eigenvalue weighted by Crippen LogP contribution is -2.06. The van der Waals surface area contributed by atoms with Crippen LogP contribution in [0.25, 0.3) is 11.0 Å². The van der Waals surface area contributed by atoms with E-state index in [-0.39, 0.29) is 0 Å². The van der Waals surface area contributed by atoms with Gasteiger partial charge in [-0.15, -0.1) is 11.6 Å². The van der Waals surface area contributed by atoms with Crippen LogP contribution in [-0.2, 0) is 13.0 Å². The Bertz CT molecular complexity index is 799. The van der Waals surface area contributed by atoms with Crippen LogP contribution in [0.5, 0.6) is 0 Å². The Morgan fingerprint density at radius 2 is 2.00 bits per heavy atom. The van der Waals surface area contributed by atoms with E-state index < -0.39 is 0 Å². The van der Waals surface area contributed by atoms with Gasteiger partial charge in [0.05, 0.1) is 23.3 Å². The summed E-state index contributed by atoms with van der Waals surface area (Å²) >= 11 is 5.87. The average Bonchev–Trinajstić information content (AvgIpc) is 2.86. The number of fused-ring (bicyclic) bond motifs is 1. The molecule has 3 aromatic rings. The van der Waals surface area contributed by atoms with Gasteiger partial charge in [0.15, 0.2) is 0 Å². The van der Waals surface area contributed by atoms with Gasteiger partial charge in [0, 0.05) is 25.0 Å². The summed E-state index contributed by atoms with van der Waals surface area (Å²) in [5.74, 6) is 1.49. The summed E-state index contributed by atoms with van der Waals surface area (Å²) in [7, 11) is 0. The van der Waals surface area contributed by atoms with Crippen molar-refractivity contribution < 1.29 is 0 Å². The fraction of sp³-hybridized carbons (Fsp3) is 0.188. The largest absolute Gasteiger partial charge is 0.323 e. The van der Waals surface area contributed by atoms with Gasteiger partial charge in [0.25, 0.3) is 0 Å². The monoisotopic (exact) mass is 296 g/mol. The zero-order chi connectivity index (χ0) is 14.7. The van der Waals surface area contributed by atoms with Gasteiger partial charge in [0.2, 0.25) is 0 Å². The molecule has 0 atom stereocenters. The number of nitriles is 1. The molecule has 1 aromatic carbocycles. The number of pyridine rings is 1. The number of rotatable bonds is 4. The van der Waals surface area contributed by atoms with Crippen molar-refractivity contribution in [1.29, 1.82) is 5.26 Å². The third-order valence-electron chi connectivity index (χ3n) is 3.37. The number of hydrogen-bond acceptors (Lipinski definition) is 3. The fourth-order valence-electron chi connectivity index (χ4n) is 2.35. The minimum Gasteiger partial charge on any atom is -0.323 e. The lowest BCUT2D eigenvalue weighted by Gasteiger charge is -2.08. The van der Waals surface area contributed by atoms with Gasteiger partial charge < -0.3 is 4.57 Å². The van der Waals surface area contributed by atoms with Crippen LogP contribution in [0, 0.1) is 11.3 Å². The van der Waals surface area contributed by atoms with Crippen LogP contribution in [0.4, 0.5) is 0 Å². The smallest absolute Gasteiger partial charge is 0.111 e. The minimum atomic E-state index is 0.532. The molecule has 2 aromatic heterocycles. The van der Waals surface area contributed by atoms with E-state index in [0.717, 1.165) is 22.4 Å². The van der Waals surface area contributed by atoms with Crippen LogP contribution < -0.4 is 0 Å². The van der Waals surface area contributed by atoms with E-state index in [2.05, 4.69) is 20.6 Å². The molecule has 5 heteroatoms. The van der Waals surface area contributed by atoms with Crippen LogP contribution in [0.3, 0.4) is 0 Å². The molecule has 0 aliphatic carbocycles. The normalized spacial score (nSPS) is 10.7. The summed E-state index contributed by atoms with van der Waals surface area (Å²) < 4.78 is 2.15. The summed E-state index contributed by atoms with van der Waals surface area (Å²) in [4.78, 5) is 8.71. The van der Waals surface area contributed by atoms with Crippen molar-refractivity contribution in [2.24, 2.45) is 0 Å². The maximum atomic E-state index is 8.85. The maximum Gasteiger partial charge on any atom is 0.111 e. The second-order valence-corrected chi connectivity index (χ2v) is 5.10. The van der Waals surface area contributed by atoms with E-state index in [1.165, 1.54) is 0 Å². The zero-order valence-electron chi connectivity index (χ0n) is 11.3. The zero-order valence-corrected chi connectivity index (χ0v) is 12.1. The van der Waals surface area contributed by atoms with E-state index in [4.69, 9.17) is 16.9 Å². The molecular weight excluding hydrogens is 284 g/mol. The molecule has 0 unspecified atom stereocenters. The first kappa shape index (κ1) is 13.6. The maximum absolute atomic E-state index is 8.85. The van der Waals surface area contributed by atoms with Gasteiger partial charge in [0.1, 0.15) is 11.3 Å². The number of benzene rings is 1. The van der Waals surface area contributed by atoms with Crippen LogP contribution >= 0.6 is 11.6 Å². The Labute approximate surface area is 127 Å². The number of halogens is 1. The molecule has 0 radical (unpaired) electrons. The van der Waals surface area contributed by atoms with Crippen LogP contribution in [0.15, 0.2) is 42.7 Å². The molecule has 0 aliphatic heterocycles. The number of imidazole rings is 1. The topological polar surface area (TPSA) is 54.5 Å². The SMILES string of the molecule is N#Cc1ccc(Cn2c(CCCl)nc3cnccc32)cc1. The van der Waals surface area contributed by atoms with Gasteiger partial charge in [-0.2, -0.15) is 5.26 Å². The van der Waals surface area contributed by atoms with Gasteiger partial charge >= 0.3 is 0 Å². The number of aromatic nitrogens is 3. The van der Waals surface area contributed by atoms with Gasteiger partial charge in [-0.3, -0.25) is 4.98 Å². The first-order valence-electron chi connectivity index (χ1n) is 6.66. The molecule has 0 spiro atoms. The third-order valence-corrected chi connectivity index (χ3v) is 3.56. The van der Waals surface area contributed by atoms with Crippen molar-refractivity contribution >= 4 is 22.6 Å². The molecule has 0 bridgehead atoms. The fourth-order valence-corrected chi connectivity index (χ4v) is 2.52. The molecule has 0 saturated heterocycles. The van der Waals surface area contributed by atoms with E-state index in [1.807, 2.05) is 30.3 Å². The molecule has 21 heavy (non-hydrogen) atoms. The third kappa shape index (κ3) is 2.74. The van der Waals surface area contributed by atoms with E-state index in [0.29, 0.717) is 24.4 Å². The summed E-state index contributed by atoms with van der Waals surface area (Å²) in [5, 5.41) is 8.85. The summed E-state index contributed by atoms with van der Waals surface area (Å²) in [5.41, 5.74) is 3.72. The highest BCUT2D eigenvalue weighted by molar-refractivity contribution is 6.17. The Kier molecular flexibility index (Phi) is 3.85. The molecular formula is C16H13ClN4. The van der Waals surface area contributed by atoms with E-state index in [1.54, 1.807) is 12.4 Å². The van der Waals surface area contributed by atoms with E-state index in [9.17, 15) is 0 Å². The van der Waals surface area contributed by atoms with Gasteiger partial charge in [-0.25, -0.2) is 4.98 Å². The molecule has 4 nitrogen and oxygen atoms in total. The highest BCUT2D eigenvalue weighted by atomic mass is 35.5. The Morgan fingerprint density at radius 1 is 1.19 bits per heavy atom. The summed E-state index contributed by atoms with van der Waals surface area (Å²) in [6.45, 7) is 0.707. The van der Waals surface area contributed by atoms with Crippen LogP contribution in [-0.4, -0.2) is 20.4 Å². The number of nitrogens with zero attached hydrogens (tertiary/aromatic N) is 4. The van der Waals surface area contributed by atoms with E-state index >= 15 is 0 Å². The molecule has 0 fully saturated rings. The summed E-state index contributed by atoms with van der Waals surface area (Å²) in [6.07, 6.45) is 4.25. The standard InChI is InChI=1S/C16H13ClN4/c17-7-5-16-20-14-10-19-8-6-15(14)21(16)11-13-3-1-12(9-18)2-4-13/h1-4,6,8,10H,5,7,11H2. The van der Waals surface area contributed by atoms with Gasteiger partial charge in [-0.1, -0.05) is 12.1 Å². The predicted molar refractivity (Wildman–Crippen MR) is 82.2 cm³/mol. The highest BCUT2D eigenvalue weighted by Crippen LogP contribution is 2.18. The number of hydrogen-bond donors (Lipinski definition) is 0. The van der Waals surface area contributed by atoms with Crippen LogP contribution in [0.1, 0.15) is 17.0 Å². The van der Waals surface area contributed by atoms with Crippen molar-refractivity contribution in [3.05, 3.63) is 59.7 Å². The molecule has 0 aliphatic rings. The Morgan fingerprint density at radius 3 is 2.71 bits per heavy atom. The lowest BCUT2D eigenvalue weighted by molar-refractivity contribution is 0.754. The molecule has 0 amide bonds. The predicted octanol–water partition coefficient (Wildman–Crippen LogP) is 3.13. The summed E-state index contributed by atoms with van der Waals surface area (Å²) in [6, 6.07) is 11.7. The Hall–Kier alpha value is -2.38. The second-order valence-electron chi connectivity index (χ2n) is 4.73. The van der Waals surface area contributed by atoms with Crippen molar-refractivity contribution in [1.82, 2.24) is 14.5 Å². The van der Waals surface area contributed by atoms with Crippen molar-refractivity contribution in [2.45, 2.75) is 13.0 Å². The minimum absolute atomic E-state index is 0.532. The first-order chi connectivity index (χ1) is 10.3. The lowest BCUT2D eigenvalue weighted by atomic mass is 10.1. The second kappa shape index (κ2) is 5.94. The van der Waals surface area contributed by atoms with Crippen molar-refractivity contribution in [2.75, 3.05) is 5.88 Å². The first-order valence-corrected chi connectivity index (χ1v) is 7.19. The number of alkyl halides is 1. The highest BCUT2D eigenvalue weighted by Gasteiger charge is 2.10. The molecule has 0 N–H and O–H groups in total.